The van der Waals surface area contributed by atoms with Gasteiger partial charge in [0.1, 0.15) is 0 Å². The first-order valence-electron chi connectivity index (χ1n) is 15.6. The van der Waals surface area contributed by atoms with Gasteiger partial charge in [-0.15, -0.1) is 0 Å². The van der Waals surface area contributed by atoms with Gasteiger partial charge in [-0.2, -0.15) is 0 Å². The van der Waals surface area contributed by atoms with Gasteiger partial charge >= 0.3 is 5.97 Å². The third-order valence-electron chi connectivity index (χ3n) is 9.93. The van der Waals surface area contributed by atoms with E-state index in [1.807, 2.05) is 0 Å². The van der Waals surface area contributed by atoms with Crippen LogP contribution in [0.1, 0.15) is 123 Å². The highest BCUT2D eigenvalue weighted by Gasteiger charge is 2.30. The van der Waals surface area contributed by atoms with Gasteiger partial charge in [-0.3, -0.25) is 0 Å². The van der Waals surface area contributed by atoms with E-state index in [4.69, 9.17) is 4.74 Å². The topological polar surface area (TPSA) is 46.5 Å². The average molecular weight is 501 g/mol. The van der Waals surface area contributed by atoms with E-state index in [9.17, 15) is 9.90 Å². The first kappa shape index (κ1) is 29.5. The van der Waals surface area contributed by atoms with Crippen LogP contribution in [0.5, 0.6) is 0 Å². The normalized spacial score (nSPS) is 32.3. The van der Waals surface area contributed by atoms with E-state index in [2.05, 4.69) is 25.7 Å². The zero-order chi connectivity index (χ0) is 25.8. The van der Waals surface area contributed by atoms with Crippen molar-refractivity contribution in [3.05, 3.63) is 24.3 Å². The lowest BCUT2D eigenvalue weighted by Crippen LogP contribution is -2.26. The summed E-state index contributed by atoms with van der Waals surface area (Å²) >= 11 is 0. The highest BCUT2D eigenvalue weighted by atomic mass is 16.5. The molecule has 3 fully saturated rings. The lowest BCUT2D eigenvalue weighted by Gasteiger charge is -2.37. The third-order valence-corrected chi connectivity index (χ3v) is 9.93. The number of aliphatic hydroxyl groups excluding tert-OH is 1. The Kier molecular flexibility index (Phi) is 13.1. The van der Waals surface area contributed by atoms with Crippen molar-refractivity contribution in [2.24, 2.45) is 41.4 Å². The summed E-state index contributed by atoms with van der Waals surface area (Å²) in [6.45, 7) is 8.02. The van der Waals surface area contributed by atoms with Gasteiger partial charge < -0.3 is 9.84 Å². The van der Waals surface area contributed by atoms with Crippen LogP contribution in [0, 0.1) is 41.4 Å². The fourth-order valence-electron chi connectivity index (χ4n) is 7.25. The summed E-state index contributed by atoms with van der Waals surface area (Å²) in [7, 11) is 0. The number of ether oxygens (including phenoxy) is 1. The summed E-state index contributed by atoms with van der Waals surface area (Å²) in [5.41, 5.74) is 0.426. The van der Waals surface area contributed by atoms with E-state index in [1.54, 1.807) is 6.92 Å². The number of unbranched alkanes of at least 4 members (excludes halogenated alkanes) is 1. The fourth-order valence-corrected chi connectivity index (χ4v) is 7.25. The summed E-state index contributed by atoms with van der Waals surface area (Å²) in [4.78, 5) is 11.6. The molecule has 0 aromatic carbocycles. The minimum absolute atomic E-state index is 0.0606. The Morgan fingerprint density at radius 2 is 1.36 bits per heavy atom. The first-order chi connectivity index (χ1) is 17.5. The number of rotatable bonds is 13. The van der Waals surface area contributed by atoms with Crippen LogP contribution in [0.25, 0.3) is 0 Å². The van der Waals surface area contributed by atoms with Crippen LogP contribution in [-0.4, -0.2) is 24.3 Å². The maximum Gasteiger partial charge on any atom is 0.333 e. The van der Waals surface area contributed by atoms with Gasteiger partial charge in [-0.25, -0.2) is 4.79 Å². The molecule has 1 N–H and O–H groups in total. The van der Waals surface area contributed by atoms with Gasteiger partial charge in [-0.1, -0.05) is 57.8 Å². The average Bonchev–Trinajstić information content (AvgIpc) is 2.91. The van der Waals surface area contributed by atoms with E-state index in [-0.39, 0.29) is 18.5 Å². The largest absolute Gasteiger partial charge is 0.462 e. The summed E-state index contributed by atoms with van der Waals surface area (Å²) in [6.07, 6.45) is 28.6. The standard InChI is InChI=1S/C33H56O3/c1-4-5-6-26-7-9-27(10-8-26)11-12-28-15-19-31(20-16-28)32-21-17-29(18-22-32)13-14-30(23-34)24-36-33(35)25(2)3/h11-12,26-32,34H,2,4-10,13-24H2,1,3H3/b12-11+. The van der Waals surface area contributed by atoms with Crippen LogP contribution in [0.15, 0.2) is 24.3 Å². The molecule has 0 aromatic rings. The van der Waals surface area contributed by atoms with Gasteiger partial charge in [-0.05, 0) is 119 Å². The lowest BCUT2D eigenvalue weighted by molar-refractivity contribution is -0.140. The van der Waals surface area contributed by atoms with Gasteiger partial charge in [0, 0.05) is 18.1 Å². The van der Waals surface area contributed by atoms with Crippen molar-refractivity contribution in [1.29, 1.82) is 0 Å². The smallest absolute Gasteiger partial charge is 0.333 e. The molecule has 0 aromatic heterocycles. The number of aliphatic hydroxyl groups is 1. The maximum absolute atomic E-state index is 11.6. The zero-order valence-corrected chi connectivity index (χ0v) is 23.6. The molecule has 1 atom stereocenters. The molecule has 0 saturated heterocycles. The quantitative estimate of drug-likeness (QED) is 0.156. The second kappa shape index (κ2) is 16.0. The van der Waals surface area contributed by atoms with E-state index in [0.29, 0.717) is 12.2 Å². The van der Waals surface area contributed by atoms with Crippen LogP contribution in [0.3, 0.4) is 0 Å². The number of allylic oxidation sites excluding steroid dienone is 2. The van der Waals surface area contributed by atoms with Crippen molar-refractivity contribution >= 4 is 5.97 Å². The number of carbonyl (C=O) groups is 1. The molecule has 3 aliphatic rings. The van der Waals surface area contributed by atoms with Crippen molar-refractivity contribution in [3.8, 4) is 0 Å². The summed E-state index contributed by atoms with van der Waals surface area (Å²) < 4.78 is 5.27. The van der Waals surface area contributed by atoms with Gasteiger partial charge in [0.2, 0.25) is 0 Å². The Hall–Kier alpha value is -1.09. The molecule has 3 aliphatic carbocycles. The molecule has 0 bridgehead atoms. The number of hydrogen-bond acceptors (Lipinski definition) is 3. The summed E-state index contributed by atoms with van der Waals surface area (Å²) in [5.74, 6) is 5.11. The van der Waals surface area contributed by atoms with Crippen molar-refractivity contribution in [1.82, 2.24) is 0 Å². The molecule has 0 amide bonds. The fraction of sp³-hybridized carbons (Fsp3) is 0.848. The number of esters is 1. The van der Waals surface area contributed by atoms with Crippen LogP contribution in [0.4, 0.5) is 0 Å². The number of carbonyl (C=O) groups excluding carboxylic acids is 1. The van der Waals surface area contributed by atoms with Crippen molar-refractivity contribution in [2.45, 2.75) is 123 Å². The predicted molar refractivity (Wildman–Crippen MR) is 151 cm³/mol. The Labute approximate surface area is 222 Å². The van der Waals surface area contributed by atoms with Crippen LogP contribution in [0.2, 0.25) is 0 Å². The second-order valence-electron chi connectivity index (χ2n) is 12.8. The SMILES string of the molecule is C=C(C)C(=O)OCC(CO)CCC1CCC(C2CCC(/C=C/C3CCC(CCCC)CC3)CC2)CC1. The Morgan fingerprint density at radius 1 is 0.861 bits per heavy atom. The maximum atomic E-state index is 11.6. The summed E-state index contributed by atoms with van der Waals surface area (Å²) in [6, 6.07) is 0. The molecular weight excluding hydrogens is 444 g/mol. The molecule has 0 aliphatic heterocycles. The molecule has 3 nitrogen and oxygen atoms in total. The Balaban J connectivity index is 1.27. The van der Waals surface area contributed by atoms with E-state index in [0.717, 1.165) is 48.3 Å². The third kappa shape index (κ3) is 9.99. The van der Waals surface area contributed by atoms with E-state index >= 15 is 0 Å². The first-order valence-corrected chi connectivity index (χ1v) is 15.6. The second-order valence-corrected chi connectivity index (χ2v) is 12.8. The summed E-state index contributed by atoms with van der Waals surface area (Å²) in [5, 5.41) is 9.67. The van der Waals surface area contributed by atoms with Crippen molar-refractivity contribution in [2.75, 3.05) is 13.2 Å². The van der Waals surface area contributed by atoms with Crippen molar-refractivity contribution in [3.63, 3.8) is 0 Å². The van der Waals surface area contributed by atoms with Gasteiger partial charge in [0.25, 0.3) is 0 Å². The molecule has 36 heavy (non-hydrogen) atoms. The van der Waals surface area contributed by atoms with Crippen LogP contribution in [-0.2, 0) is 9.53 Å². The van der Waals surface area contributed by atoms with E-state index in [1.165, 1.54) is 96.3 Å². The van der Waals surface area contributed by atoms with Crippen molar-refractivity contribution < 1.29 is 14.6 Å². The molecule has 1 unspecified atom stereocenters. The molecule has 0 spiro atoms. The molecule has 3 saturated carbocycles. The molecule has 206 valence electrons. The van der Waals surface area contributed by atoms with Crippen LogP contribution >= 0.6 is 0 Å². The molecule has 0 radical (unpaired) electrons. The molecule has 3 rings (SSSR count). The van der Waals surface area contributed by atoms with E-state index < -0.39 is 0 Å². The zero-order valence-electron chi connectivity index (χ0n) is 23.6. The highest BCUT2D eigenvalue weighted by Crippen LogP contribution is 2.43. The molecule has 0 heterocycles. The van der Waals surface area contributed by atoms with Gasteiger partial charge in [0.05, 0.1) is 6.61 Å². The van der Waals surface area contributed by atoms with Crippen LogP contribution < -0.4 is 0 Å². The predicted octanol–water partition coefficient (Wildman–Crippen LogP) is 8.66. The highest BCUT2D eigenvalue weighted by molar-refractivity contribution is 5.86. The molecule has 3 heteroatoms. The Morgan fingerprint density at radius 3 is 1.89 bits per heavy atom. The van der Waals surface area contributed by atoms with Gasteiger partial charge in [0.15, 0.2) is 0 Å². The Bertz CT molecular complexity index is 658. The minimum atomic E-state index is -0.343. The monoisotopic (exact) mass is 500 g/mol. The number of hydrogen-bond donors (Lipinski definition) is 1. The minimum Gasteiger partial charge on any atom is -0.462 e. The lowest BCUT2D eigenvalue weighted by atomic mass is 9.68. The molecular formula is C33H56O3.